The summed E-state index contributed by atoms with van der Waals surface area (Å²) < 4.78 is 0. The van der Waals surface area contributed by atoms with Crippen LogP contribution in [0.4, 0.5) is 0 Å². The summed E-state index contributed by atoms with van der Waals surface area (Å²) in [5.74, 6) is 1.86. The SMILES string of the molecule is CC1CCC2C(C)CCC1P2c1cccc2ccccc12. The lowest BCUT2D eigenvalue weighted by Crippen LogP contribution is -2.40. The van der Waals surface area contributed by atoms with Gasteiger partial charge in [0.05, 0.1) is 0 Å². The van der Waals surface area contributed by atoms with Crippen molar-refractivity contribution in [2.45, 2.75) is 50.8 Å². The highest BCUT2D eigenvalue weighted by molar-refractivity contribution is 7.67. The zero-order valence-electron chi connectivity index (χ0n) is 13.1. The van der Waals surface area contributed by atoms with Crippen molar-refractivity contribution in [3.8, 4) is 0 Å². The van der Waals surface area contributed by atoms with Crippen molar-refractivity contribution >= 4 is 24.0 Å². The minimum atomic E-state index is 0.0167. The van der Waals surface area contributed by atoms with E-state index in [1.807, 2.05) is 0 Å². The molecule has 0 N–H and O–H groups in total. The zero-order valence-corrected chi connectivity index (χ0v) is 14.0. The largest absolute Gasteiger partial charge is 0.0677 e. The molecule has 4 unspecified atom stereocenters. The van der Waals surface area contributed by atoms with Gasteiger partial charge in [-0.05, 0) is 64.9 Å². The molecule has 2 aliphatic rings. The Bertz CT molecular complexity index is 624. The molecule has 21 heavy (non-hydrogen) atoms. The van der Waals surface area contributed by atoms with Crippen LogP contribution in [0, 0.1) is 11.8 Å². The summed E-state index contributed by atoms with van der Waals surface area (Å²) >= 11 is 0. The Hall–Kier alpha value is -0.870. The van der Waals surface area contributed by atoms with Gasteiger partial charge in [-0.15, -0.1) is 0 Å². The number of fused-ring (bicyclic) bond motifs is 3. The Kier molecular flexibility index (Phi) is 3.54. The number of hydrogen-bond donors (Lipinski definition) is 0. The molecule has 2 aromatic carbocycles. The lowest BCUT2D eigenvalue weighted by molar-refractivity contribution is 0.327. The topological polar surface area (TPSA) is 0 Å². The van der Waals surface area contributed by atoms with E-state index in [4.69, 9.17) is 0 Å². The molecule has 1 heteroatoms. The second-order valence-corrected chi connectivity index (χ2v) is 9.77. The molecule has 4 atom stereocenters. The first-order valence-corrected chi connectivity index (χ1v) is 10.00. The first kappa shape index (κ1) is 13.8. The quantitative estimate of drug-likeness (QED) is 0.606. The summed E-state index contributed by atoms with van der Waals surface area (Å²) in [7, 11) is 0.0167. The van der Waals surface area contributed by atoms with Crippen LogP contribution in [0.3, 0.4) is 0 Å². The summed E-state index contributed by atoms with van der Waals surface area (Å²) in [6, 6.07) is 16.0. The molecule has 2 bridgehead atoms. The molecular weight excluding hydrogens is 271 g/mol. The Balaban J connectivity index is 1.86. The Labute approximate surface area is 129 Å². The molecule has 110 valence electrons. The van der Waals surface area contributed by atoms with Gasteiger partial charge in [0.15, 0.2) is 0 Å². The molecule has 2 aliphatic heterocycles. The van der Waals surface area contributed by atoms with Gasteiger partial charge in [0.1, 0.15) is 0 Å². The third-order valence-corrected chi connectivity index (χ3v) is 9.82. The van der Waals surface area contributed by atoms with Crippen molar-refractivity contribution in [3.05, 3.63) is 42.5 Å². The van der Waals surface area contributed by atoms with Crippen LogP contribution in [0.25, 0.3) is 10.8 Å². The van der Waals surface area contributed by atoms with Crippen LogP contribution in [0.5, 0.6) is 0 Å². The predicted octanol–water partition coefficient (Wildman–Crippen LogP) is 5.54. The highest BCUT2D eigenvalue weighted by Crippen LogP contribution is 2.62. The minimum Gasteiger partial charge on any atom is -0.0677 e. The van der Waals surface area contributed by atoms with Crippen LogP contribution in [0.15, 0.2) is 42.5 Å². The predicted molar refractivity (Wildman–Crippen MR) is 94.9 cm³/mol. The summed E-state index contributed by atoms with van der Waals surface area (Å²) in [6.45, 7) is 5.02. The van der Waals surface area contributed by atoms with Gasteiger partial charge in [-0.2, -0.15) is 0 Å². The maximum absolute atomic E-state index is 2.51. The summed E-state index contributed by atoms with van der Waals surface area (Å²) in [5.41, 5.74) is 1.95. The lowest BCUT2D eigenvalue weighted by Gasteiger charge is -2.50. The normalized spacial score (nSPS) is 35.8. The summed E-state index contributed by atoms with van der Waals surface area (Å²) in [4.78, 5) is 0. The summed E-state index contributed by atoms with van der Waals surface area (Å²) in [5, 5.41) is 4.67. The van der Waals surface area contributed by atoms with Crippen molar-refractivity contribution < 1.29 is 0 Å². The second-order valence-electron chi connectivity index (χ2n) is 7.15. The fourth-order valence-corrected chi connectivity index (χ4v) is 8.88. The van der Waals surface area contributed by atoms with E-state index in [0.29, 0.717) is 0 Å². The molecule has 2 aromatic rings. The van der Waals surface area contributed by atoms with Crippen molar-refractivity contribution in [3.63, 3.8) is 0 Å². The van der Waals surface area contributed by atoms with Gasteiger partial charge < -0.3 is 0 Å². The molecule has 0 nitrogen and oxygen atoms in total. The highest BCUT2D eigenvalue weighted by atomic mass is 31.1. The molecule has 4 rings (SSSR count). The monoisotopic (exact) mass is 296 g/mol. The first-order valence-electron chi connectivity index (χ1n) is 8.52. The molecule has 0 radical (unpaired) electrons. The minimum absolute atomic E-state index is 0.0167. The van der Waals surface area contributed by atoms with E-state index < -0.39 is 0 Å². The molecule has 0 amide bonds. The fraction of sp³-hybridized carbons (Fsp3) is 0.500. The van der Waals surface area contributed by atoms with Gasteiger partial charge >= 0.3 is 0 Å². The third kappa shape index (κ3) is 2.23. The molecule has 2 heterocycles. The zero-order chi connectivity index (χ0) is 14.4. The molecule has 0 aromatic heterocycles. The van der Waals surface area contributed by atoms with Crippen LogP contribution < -0.4 is 5.30 Å². The van der Waals surface area contributed by atoms with Gasteiger partial charge in [-0.25, -0.2) is 0 Å². The smallest absolute Gasteiger partial charge is 0.0107 e. The van der Waals surface area contributed by atoms with Crippen molar-refractivity contribution in [2.24, 2.45) is 11.8 Å². The van der Waals surface area contributed by atoms with E-state index in [1.54, 1.807) is 5.30 Å². The van der Waals surface area contributed by atoms with E-state index >= 15 is 0 Å². The van der Waals surface area contributed by atoms with Crippen LogP contribution >= 0.6 is 7.92 Å². The van der Waals surface area contributed by atoms with Gasteiger partial charge in [0.25, 0.3) is 0 Å². The summed E-state index contributed by atoms with van der Waals surface area (Å²) in [6.07, 6.45) is 5.86. The molecular formula is C20H25P. The maximum atomic E-state index is 2.51. The highest BCUT2D eigenvalue weighted by Gasteiger charge is 2.43. The van der Waals surface area contributed by atoms with Crippen molar-refractivity contribution in [1.82, 2.24) is 0 Å². The Morgan fingerprint density at radius 1 is 0.762 bits per heavy atom. The van der Waals surface area contributed by atoms with E-state index in [1.165, 1.54) is 36.5 Å². The number of hydrogen-bond acceptors (Lipinski definition) is 0. The Morgan fingerprint density at radius 3 is 2.10 bits per heavy atom. The van der Waals surface area contributed by atoms with Crippen molar-refractivity contribution in [2.75, 3.05) is 0 Å². The average molecular weight is 296 g/mol. The Morgan fingerprint density at radius 2 is 1.38 bits per heavy atom. The molecule has 0 spiro atoms. The average Bonchev–Trinajstić information content (AvgIpc) is 2.52. The maximum Gasteiger partial charge on any atom is -0.0107 e. The molecule has 2 fully saturated rings. The fourth-order valence-electron chi connectivity index (χ4n) is 4.68. The van der Waals surface area contributed by atoms with E-state index in [-0.39, 0.29) is 7.92 Å². The van der Waals surface area contributed by atoms with E-state index in [2.05, 4.69) is 56.3 Å². The van der Waals surface area contributed by atoms with Gasteiger partial charge in [-0.3, -0.25) is 0 Å². The second kappa shape index (κ2) is 5.40. The van der Waals surface area contributed by atoms with Gasteiger partial charge in [0, 0.05) is 0 Å². The van der Waals surface area contributed by atoms with E-state index in [9.17, 15) is 0 Å². The number of rotatable bonds is 1. The van der Waals surface area contributed by atoms with Crippen LogP contribution in [0.2, 0.25) is 0 Å². The van der Waals surface area contributed by atoms with Crippen molar-refractivity contribution in [1.29, 1.82) is 0 Å². The molecule has 0 saturated carbocycles. The van der Waals surface area contributed by atoms with E-state index in [0.717, 1.165) is 23.2 Å². The third-order valence-electron chi connectivity index (χ3n) is 5.91. The van der Waals surface area contributed by atoms with Crippen LogP contribution in [-0.2, 0) is 0 Å². The number of benzene rings is 2. The van der Waals surface area contributed by atoms with Crippen LogP contribution in [0.1, 0.15) is 39.5 Å². The van der Waals surface area contributed by atoms with Gasteiger partial charge in [0.2, 0.25) is 0 Å². The molecule has 2 saturated heterocycles. The lowest BCUT2D eigenvalue weighted by atomic mass is 9.85. The van der Waals surface area contributed by atoms with Gasteiger partial charge in [-0.1, -0.05) is 64.2 Å². The molecule has 0 aliphatic carbocycles. The first-order chi connectivity index (χ1) is 10.3. The standard InChI is InChI=1S/C20H25P/c1-14-10-12-19-15(2)11-13-18(14)21(19)20-9-5-7-16-6-3-4-8-17(16)20/h3-9,14-15,18-19H,10-13H2,1-2H3. The van der Waals surface area contributed by atoms with Crippen LogP contribution in [-0.4, -0.2) is 11.3 Å².